The van der Waals surface area contributed by atoms with Gasteiger partial charge in [-0.1, -0.05) is 28.1 Å². The van der Waals surface area contributed by atoms with E-state index in [1.807, 2.05) is 36.4 Å². The fourth-order valence-electron chi connectivity index (χ4n) is 5.29. The second kappa shape index (κ2) is 14.4. The highest BCUT2D eigenvalue weighted by Crippen LogP contribution is 2.38. The van der Waals surface area contributed by atoms with Crippen LogP contribution in [0, 0.1) is 22.7 Å². The Morgan fingerprint density at radius 1 is 1.00 bits per heavy atom. The third kappa shape index (κ3) is 6.68. The first-order valence-corrected chi connectivity index (χ1v) is 14.9. The lowest BCUT2D eigenvalue weighted by atomic mass is 10.0. The highest BCUT2D eigenvalue weighted by atomic mass is 79.9. The second-order valence-electron chi connectivity index (χ2n) is 10.5. The summed E-state index contributed by atoms with van der Waals surface area (Å²) in [6, 6.07) is 22.9. The van der Waals surface area contributed by atoms with E-state index in [2.05, 4.69) is 32.6 Å². The van der Waals surface area contributed by atoms with E-state index >= 15 is 0 Å². The molecule has 2 atom stereocenters. The first-order chi connectivity index (χ1) is 21.7. The summed E-state index contributed by atoms with van der Waals surface area (Å²) in [7, 11) is 3.19. The van der Waals surface area contributed by atoms with Gasteiger partial charge in [0.1, 0.15) is 11.8 Å². The predicted molar refractivity (Wildman–Crippen MR) is 181 cm³/mol. The van der Waals surface area contributed by atoms with Gasteiger partial charge in [0.25, 0.3) is 11.8 Å². The minimum Gasteiger partial charge on any atom is -0.496 e. The molecule has 0 radical (unpaired) electrons. The maximum atomic E-state index is 14.5. The molecule has 0 aromatic heterocycles. The van der Waals surface area contributed by atoms with Crippen LogP contribution in [0.5, 0.6) is 5.75 Å². The summed E-state index contributed by atoms with van der Waals surface area (Å²) in [5, 5.41) is 26.5. The van der Waals surface area contributed by atoms with Crippen LogP contribution in [-0.4, -0.2) is 50.5 Å². The van der Waals surface area contributed by atoms with Crippen molar-refractivity contribution in [3.63, 3.8) is 0 Å². The van der Waals surface area contributed by atoms with E-state index < -0.39 is 29.8 Å². The first-order valence-electron chi connectivity index (χ1n) is 14.1. The molecule has 1 aliphatic rings. The molecular formula is C34H30BrClN6O4. The Kier molecular flexibility index (Phi) is 10.7. The number of ether oxygens (including phenoxy) is 1. The van der Waals surface area contributed by atoms with Gasteiger partial charge in [-0.3, -0.25) is 14.4 Å². The lowest BCUT2D eigenvalue weighted by Crippen LogP contribution is -2.55. The van der Waals surface area contributed by atoms with Crippen LogP contribution >= 0.6 is 28.3 Å². The van der Waals surface area contributed by atoms with Gasteiger partial charge in [-0.05, 0) is 85.4 Å². The largest absolute Gasteiger partial charge is 0.496 e. The summed E-state index contributed by atoms with van der Waals surface area (Å²) in [6.45, 7) is 1.52. The lowest BCUT2D eigenvalue weighted by molar-refractivity contribution is -0.128. The molecule has 1 aliphatic heterocycles. The fourth-order valence-corrected chi connectivity index (χ4v) is 5.67. The summed E-state index contributed by atoms with van der Waals surface area (Å²) in [6.07, 6.45) is 0. The van der Waals surface area contributed by atoms with Crippen LogP contribution in [0.3, 0.4) is 0 Å². The van der Waals surface area contributed by atoms with Crippen molar-refractivity contribution in [3.8, 4) is 17.9 Å². The molecule has 46 heavy (non-hydrogen) atoms. The van der Waals surface area contributed by atoms with E-state index in [1.54, 1.807) is 39.3 Å². The Hall–Kier alpha value is -4.94. The topological polar surface area (TPSA) is 139 Å². The molecule has 0 unspecified atom stereocenters. The van der Waals surface area contributed by atoms with Crippen molar-refractivity contribution in [1.29, 1.82) is 10.5 Å². The van der Waals surface area contributed by atoms with Crippen LogP contribution in [-0.2, 0) is 16.1 Å². The van der Waals surface area contributed by atoms with E-state index in [0.717, 1.165) is 20.8 Å². The molecule has 0 fully saturated rings. The van der Waals surface area contributed by atoms with Crippen LogP contribution in [0.1, 0.15) is 34.0 Å². The average molecular weight is 702 g/mol. The normalized spacial score (nSPS) is 14.7. The van der Waals surface area contributed by atoms with Gasteiger partial charge in [0.2, 0.25) is 5.91 Å². The second-order valence-corrected chi connectivity index (χ2v) is 11.4. The molecular weight excluding hydrogens is 672 g/mol. The van der Waals surface area contributed by atoms with Gasteiger partial charge < -0.3 is 25.2 Å². The number of nitrogens with zero attached hydrogens (tertiary/aromatic N) is 4. The summed E-state index contributed by atoms with van der Waals surface area (Å²) in [5.74, 6) is -0.757. The summed E-state index contributed by atoms with van der Waals surface area (Å²) in [5.41, 5.74) is 2.40. The monoisotopic (exact) mass is 700 g/mol. The zero-order valence-electron chi connectivity index (χ0n) is 25.2. The molecule has 12 heteroatoms. The number of anilines is 2. The molecule has 4 aromatic carbocycles. The number of likely N-dealkylation sites (N-methyl/N-ethyl adjacent to an activating group) is 1. The highest BCUT2D eigenvalue weighted by molar-refractivity contribution is 9.10. The Morgan fingerprint density at radius 2 is 1.70 bits per heavy atom. The first kappa shape index (κ1) is 33.9. The van der Waals surface area contributed by atoms with E-state index in [9.17, 15) is 24.9 Å². The Morgan fingerprint density at radius 3 is 2.35 bits per heavy atom. The SMILES string of the molecule is CN[C@@H](C)C(=O)N[C@H]1CN(C(=O)c2ccc(C#N)cc2)c2cc(C#N)ccc2N(Cc2c(OC)ccc3cc(Br)ccc23)C1=O.Cl. The number of fused-ring (bicyclic) bond motifs is 2. The molecule has 3 amide bonds. The van der Waals surface area contributed by atoms with Crippen molar-refractivity contribution in [3.05, 3.63) is 99.5 Å². The number of rotatable bonds is 7. The third-order valence-corrected chi connectivity index (χ3v) is 8.34. The van der Waals surface area contributed by atoms with Crippen molar-refractivity contribution >= 4 is 68.2 Å². The van der Waals surface area contributed by atoms with E-state index in [4.69, 9.17) is 4.74 Å². The lowest BCUT2D eigenvalue weighted by Gasteiger charge is -2.27. The number of carbonyl (C=O) groups excluding carboxylic acids is 3. The number of carbonyl (C=O) groups is 3. The van der Waals surface area contributed by atoms with Crippen molar-refractivity contribution in [1.82, 2.24) is 10.6 Å². The number of nitrogens with one attached hydrogen (secondary N) is 2. The summed E-state index contributed by atoms with van der Waals surface area (Å²) in [4.78, 5) is 44.6. The minimum atomic E-state index is -1.14. The Labute approximate surface area is 281 Å². The number of nitriles is 2. The molecule has 0 saturated heterocycles. The van der Waals surface area contributed by atoms with Crippen LogP contribution < -0.4 is 25.2 Å². The van der Waals surface area contributed by atoms with Crippen LogP contribution in [0.4, 0.5) is 11.4 Å². The molecule has 234 valence electrons. The number of amides is 3. The van der Waals surface area contributed by atoms with Gasteiger partial charge in [-0.25, -0.2) is 0 Å². The Balaban J connectivity index is 0.00000480. The number of methoxy groups -OCH3 is 1. The third-order valence-electron chi connectivity index (χ3n) is 7.85. The quantitative estimate of drug-likeness (QED) is 0.275. The zero-order valence-corrected chi connectivity index (χ0v) is 27.6. The zero-order chi connectivity index (χ0) is 32.2. The number of halogens is 2. The maximum absolute atomic E-state index is 14.5. The van der Waals surface area contributed by atoms with Gasteiger partial charge in [0.05, 0.1) is 60.9 Å². The van der Waals surface area contributed by atoms with E-state index in [0.29, 0.717) is 22.7 Å². The van der Waals surface area contributed by atoms with E-state index in [-0.39, 0.29) is 36.6 Å². The van der Waals surface area contributed by atoms with E-state index in [1.165, 1.54) is 34.1 Å². The summed E-state index contributed by atoms with van der Waals surface area (Å²) < 4.78 is 6.62. The number of hydrogen-bond donors (Lipinski definition) is 2. The average Bonchev–Trinajstić information content (AvgIpc) is 3.17. The van der Waals surface area contributed by atoms with Gasteiger partial charge in [-0.15, -0.1) is 12.4 Å². The maximum Gasteiger partial charge on any atom is 0.258 e. The van der Waals surface area contributed by atoms with Crippen molar-refractivity contribution in [2.45, 2.75) is 25.6 Å². The Bertz CT molecular complexity index is 1900. The van der Waals surface area contributed by atoms with Crippen molar-refractivity contribution in [2.24, 2.45) is 0 Å². The molecule has 0 aliphatic carbocycles. The summed E-state index contributed by atoms with van der Waals surface area (Å²) >= 11 is 3.52. The van der Waals surface area contributed by atoms with Gasteiger partial charge in [-0.2, -0.15) is 10.5 Å². The van der Waals surface area contributed by atoms with Crippen molar-refractivity contribution < 1.29 is 19.1 Å². The fraction of sp³-hybridized carbons (Fsp3) is 0.206. The van der Waals surface area contributed by atoms with Gasteiger partial charge in [0.15, 0.2) is 0 Å². The standard InChI is InChI=1S/C34H29BrN6O4.ClH/c1-20(38-2)32(42)39-28-19-41(33(43)23-7-4-21(16-36)5-8-23)30-14-22(17-37)6-12-29(30)40(34(28)44)18-27-26-11-10-25(35)15-24(26)9-13-31(27)45-3;/h4-15,20,28,38H,18-19H2,1-3H3,(H,39,42);1H/t20-,28-;/m0./s1. The molecule has 0 saturated carbocycles. The van der Waals surface area contributed by atoms with Gasteiger partial charge >= 0.3 is 0 Å². The minimum absolute atomic E-state index is 0. The van der Waals surface area contributed by atoms with Gasteiger partial charge in [0, 0.05) is 15.6 Å². The molecule has 0 bridgehead atoms. The molecule has 0 spiro atoms. The molecule has 5 rings (SSSR count). The molecule has 1 heterocycles. The predicted octanol–water partition coefficient (Wildman–Crippen LogP) is 5.06. The number of hydrogen-bond acceptors (Lipinski definition) is 7. The van der Waals surface area contributed by atoms with Crippen LogP contribution in [0.2, 0.25) is 0 Å². The van der Waals surface area contributed by atoms with Crippen LogP contribution in [0.15, 0.2) is 77.3 Å². The highest BCUT2D eigenvalue weighted by Gasteiger charge is 2.38. The smallest absolute Gasteiger partial charge is 0.258 e. The molecule has 4 aromatic rings. The molecule has 10 nitrogen and oxygen atoms in total. The number of benzene rings is 4. The van der Waals surface area contributed by atoms with Crippen molar-refractivity contribution in [2.75, 3.05) is 30.5 Å². The molecule has 2 N–H and O–H groups in total. The van der Waals surface area contributed by atoms with Crippen LogP contribution in [0.25, 0.3) is 10.8 Å².